The number of carbonyl (C=O) groups is 4. The minimum absolute atomic E-state index is 0.108. The standard InChI is InChI=1S/C77H150O17P2/c1-7-9-11-13-15-17-18-23-31-37-43-49-55-61-76(81)93-72(65-87-74(79)59-53-47-41-33-16-14-12-10-8-2)67-91-95(83,84)89-63-71(78)64-90-96(85,86)92-68-73(66-88-75(80)60-54-48-42-36-30-27-26-29-35-40-46-52-58-70(5)6)94-77(82)62-56-50-44-38-32-25-22-20-19-21-24-28-34-39-45-51-57-69(3)4/h69-73,78H,7-68H2,1-6H3,(H,83,84)(H,85,86)/t71-,72+,73+/m0/s1. The summed E-state index contributed by atoms with van der Waals surface area (Å²) in [7, 11) is -9.91. The highest BCUT2D eigenvalue weighted by atomic mass is 31.2. The third-order valence-electron chi connectivity index (χ3n) is 18.0. The second-order valence-electron chi connectivity index (χ2n) is 28.7. The zero-order valence-corrected chi connectivity index (χ0v) is 64.5. The van der Waals surface area contributed by atoms with Gasteiger partial charge in [-0.1, -0.05) is 350 Å². The number of phosphoric acid groups is 2. The normalized spacial score (nSPS) is 14.0. The molecule has 0 spiro atoms. The molecule has 0 aliphatic carbocycles. The van der Waals surface area contributed by atoms with E-state index in [2.05, 4.69) is 41.5 Å². The summed E-state index contributed by atoms with van der Waals surface area (Å²) >= 11 is 0. The Morgan fingerprint density at radius 2 is 0.479 bits per heavy atom. The fourth-order valence-electron chi connectivity index (χ4n) is 11.8. The van der Waals surface area contributed by atoms with Crippen LogP contribution in [0.2, 0.25) is 0 Å². The first-order chi connectivity index (χ1) is 46.4. The van der Waals surface area contributed by atoms with Crippen LogP contribution < -0.4 is 0 Å². The van der Waals surface area contributed by atoms with Gasteiger partial charge in [0.25, 0.3) is 0 Å². The van der Waals surface area contributed by atoms with Crippen LogP contribution in [0.25, 0.3) is 0 Å². The van der Waals surface area contributed by atoms with Crippen LogP contribution in [0, 0.1) is 11.8 Å². The monoisotopic (exact) mass is 1410 g/mol. The number of aliphatic hydroxyl groups excluding tert-OH is 1. The summed E-state index contributed by atoms with van der Waals surface area (Å²) in [6.45, 7) is 9.64. The molecule has 0 aromatic heterocycles. The third kappa shape index (κ3) is 70.5. The number of ether oxygens (including phenoxy) is 4. The quantitative estimate of drug-likeness (QED) is 0.0222. The van der Waals surface area contributed by atoms with Crippen LogP contribution in [-0.2, 0) is 65.4 Å². The molecule has 0 amide bonds. The summed E-state index contributed by atoms with van der Waals surface area (Å²) < 4.78 is 68.5. The molecule has 96 heavy (non-hydrogen) atoms. The third-order valence-corrected chi connectivity index (χ3v) is 19.9. The van der Waals surface area contributed by atoms with Gasteiger partial charge in [0.05, 0.1) is 26.4 Å². The smallest absolute Gasteiger partial charge is 0.462 e. The molecule has 0 bridgehead atoms. The lowest BCUT2D eigenvalue weighted by atomic mass is 10.0. The summed E-state index contributed by atoms with van der Waals surface area (Å²) in [5.41, 5.74) is 0. The summed E-state index contributed by atoms with van der Waals surface area (Å²) in [4.78, 5) is 72.8. The first-order valence-electron chi connectivity index (χ1n) is 40.0. The number of esters is 4. The van der Waals surface area contributed by atoms with Gasteiger partial charge in [-0.25, -0.2) is 9.13 Å². The van der Waals surface area contributed by atoms with E-state index in [1.807, 2.05) is 0 Å². The van der Waals surface area contributed by atoms with Gasteiger partial charge in [-0.15, -0.1) is 0 Å². The highest BCUT2D eigenvalue weighted by Crippen LogP contribution is 2.45. The number of rotatable bonds is 76. The molecular formula is C77H150O17P2. The van der Waals surface area contributed by atoms with Gasteiger partial charge in [0.1, 0.15) is 19.3 Å². The van der Waals surface area contributed by atoms with Crippen molar-refractivity contribution in [3.63, 3.8) is 0 Å². The second kappa shape index (κ2) is 68.8. The van der Waals surface area contributed by atoms with Crippen LogP contribution in [0.4, 0.5) is 0 Å². The molecule has 0 rings (SSSR count). The first-order valence-corrected chi connectivity index (χ1v) is 43.0. The summed E-state index contributed by atoms with van der Waals surface area (Å²) in [6.07, 6.45) is 56.8. The van der Waals surface area contributed by atoms with Crippen molar-refractivity contribution in [1.29, 1.82) is 0 Å². The van der Waals surface area contributed by atoms with Crippen molar-refractivity contribution in [1.82, 2.24) is 0 Å². The molecule has 5 atom stereocenters. The molecule has 19 heteroatoms. The number of phosphoric ester groups is 2. The molecule has 2 unspecified atom stereocenters. The Bertz CT molecular complexity index is 1860. The number of hydrogen-bond donors (Lipinski definition) is 3. The van der Waals surface area contributed by atoms with Gasteiger partial charge in [-0.3, -0.25) is 37.3 Å². The zero-order chi connectivity index (χ0) is 70.7. The van der Waals surface area contributed by atoms with Crippen molar-refractivity contribution in [3.8, 4) is 0 Å². The molecule has 3 N–H and O–H groups in total. The van der Waals surface area contributed by atoms with Crippen molar-refractivity contribution in [2.45, 2.75) is 419 Å². The second-order valence-corrected chi connectivity index (χ2v) is 31.6. The highest BCUT2D eigenvalue weighted by molar-refractivity contribution is 7.47. The molecule has 0 aliphatic heterocycles. The van der Waals surface area contributed by atoms with Crippen molar-refractivity contribution in [2.75, 3.05) is 39.6 Å². The van der Waals surface area contributed by atoms with E-state index in [1.165, 1.54) is 218 Å². The fourth-order valence-corrected chi connectivity index (χ4v) is 13.4. The van der Waals surface area contributed by atoms with Crippen LogP contribution in [0.3, 0.4) is 0 Å². The molecule has 0 heterocycles. The van der Waals surface area contributed by atoms with Gasteiger partial charge in [-0.05, 0) is 37.5 Å². The molecule has 17 nitrogen and oxygen atoms in total. The molecule has 0 radical (unpaired) electrons. The molecule has 0 aromatic carbocycles. The largest absolute Gasteiger partial charge is 0.472 e. The van der Waals surface area contributed by atoms with E-state index in [0.29, 0.717) is 25.7 Å². The maximum atomic E-state index is 13.1. The molecule has 0 aliphatic rings. The number of aliphatic hydroxyl groups is 1. The van der Waals surface area contributed by atoms with Crippen molar-refractivity contribution in [3.05, 3.63) is 0 Å². The molecule has 0 saturated carbocycles. The van der Waals surface area contributed by atoms with Gasteiger partial charge in [0, 0.05) is 25.7 Å². The number of unbranched alkanes of at least 4 members (excludes halogenated alkanes) is 46. The van der Waals surface area contributed by atoms with E-state index in [-0.39, 0.29) is 25.7 Å². The van der Waals surface area contributed by atoms with Crippen LogP contribution in [-0.4, -0.2) is 96.7 Å². The highest BCUT2D eigenvalue weighted by Gasteiger charge is 2.30. The van der Waals surface area contributed by atoms with Crippen LogP contribution in [0.15, 0.2) is 0 Å². The van der Waals surface area contributed by atoms with E-state index in [9.17, 15) is 43.2 Å². The van der Waals surface area contributed by atoms with Gasteiger partial charge < -0.3 is 33.8 Å². The topological polar surface area (TPSA) is 237 Å². The molecule has 570 valence electrons. The lowest BCUT2D eigenvalue weighted by Gasteiger charge is -2.21. The van der Waals surface area contributed by atoms with Crippen LogP contribution in [0.5, 0.6) is 0 Å². The average Bonchev–Trinajstić information content (AvgIpc) is 2.11. The Kier molecular flexibility index (Phi) is 67.4. The Balaban J connectivity index is 5.22. The maximum Gasteiger partial charge on any atom is 0.472 e. The first kappa shape index (κ1) is 94.1. The zero-order valence-electron chi connectivity index (χ0n) is 62.7. The van der Waals surface area contributed by atoms with Crippen molar-refractivity contribution in [2.24, 2.45) is 11.8 Å². The molecule has 0 fully saturated rings. The van der Waals surface area contributed by atoms with Crippen LogP contribution >= 0.6 is 15.6 Å². The predicted molar refractivity (Wildman–Crippen MR) is 391 cm³/mol. The van der Waals surface area contributed by atoms with Gasteiger partial charge >= 0.3 is 39.5 Å². The predicted octanol–water partition coefficient (Wildman–Crippen LogP) is 22.7. The van der Waals surface area contributed by atoms with E-state index < -0.39 is 97.5 Å². The Labute approximate surface area is 588 Å². The number of hydrogen-bond acceptors (Lipinski definition) is 15. The maximum absolute atomic E-state index is 13.1. The minimum atomic E-state index is -4.96. The van der Waals surface area contributed by atoms with E-state index in [1.54, 1.807) is 0 Å². The van der Waals surface area contributed by atoms with Crippen LogP contribution in [0.1, 0.15) is 401 Å². The fraction of sp³-hybridized carbons (Fsp3) is 0.948. The lowest BCUT2D eigenvalue weighted by molar-refractivity contribution is -0.161. The Hall–Kier alpha value is -1.94. The molecular weight excluding hydrogens is 1260 g/mol. The number of carbonyl (C=O) groups excluding carboxylic acids is 4. The van der Waals surface area contributed by atoms with Crippen molar-refractivity contribution < 1.29 is 80.2 Å². The Morgan fingerprint density at radius 1 is 0.281 bits per heavy atom. The van der Waals surface area contributed by atoms with Gasteiger partial charge in [0.15, 0.2) is 12.2 Å². The van der Waals surface area contributed by atoms with E-state index in [0.717, 1.165) is 102 Å². The summed E-state index contributed by atoms with van der Waals surface area (Å²) in [6, 6.07) is 0. The summed E-state index contributed by atoms with van der Waals surface area (Å²) in [5.74, 6) is -0.522. The van der Waals surface area contributed by atoms with Crippen molar-refractivity contribution >= 4 is 39.5 Å². The molecule has 0 saturated heterocycles. The lowest BCUT2D eigenvalue weighted by Crippen LogP contribution is -2.30. The SMILES string of the molecule is CCCCCCCCCCCCCCCC(=O)O[C@H](COC(=O)CCCCCCCCCCC)COP(=O)(O)OC[C@H](O)COP(=O)(O)OC[C@@H](COC(=O)CCCCCCCCCCCCCCC(C)C)OC(=O)CCCCCCCCCCCCCCCCCCC(C)C. The minimum Gasteiger partial charge on any atom is -0.462 e. The summed E-state index contributed by atoms with van der Waals surface area (Å²) in [5, 5.41) is 10.6. The average molecular weight is 1410 g/mol. The molecule has 0 aromatic rings. The van der Waals surface area contributed by atoms with E-state index >= 15 is 0 Å². The van der Waals surface area contributed by atoms with Gasteiger partial charge in [-0.2, -0.15) is 0 Å². The van der Waals surface area contributed by atoms with E-state index in [4.69, 9.17) is 37.0 Å². The Morgan fingerprint density at radius 3 is 0.708 bits per heavy atom. The van der Waals surface area contributed by atoms with Gasteiger partial charge in [0.2, 0.25) is 0 Å².